The number of carbonyl (C=O) groups is 1. The highest BCUT2D eigenvalue weighted by molar-refractivity contribution is 6.34. The molecule has 0 radical (unpaired) electrons. The lowest BCUT2D eigenvalue weighted by Gasteiger charge is -2.22. The van der Waals surface area contributed by atoms with Gasteiger partial charge in [0.15, 0.2) is 0 Å². The summed E-state index contributed by atoms with van der Waals surface area (Å²) in [7, 11) is 0. The van der Waals surface area contributed by atoms with Gasteiger partial charge < -0.3 is 16.4 Å². The second-order valence-electron chi connectivity index (χ2n) is 4.60. The smallest absolute Gasteiger partial charge is 0.250 e. The monoisotopic (exact) mass is 253 g/mol. The molecule has 0 spiro atoms. The Hall–Kier alpha value is -1.42. The maximum atomic E-state index is 11.4. The summed E-state index contributed by atoms with van der Waals surface area (Å²) in [4.78, 5) is 13.5. The molecular weight excluding hydrogens is 238 g/mol. The summed E-state index contributed by atoms with van der Waals surface area (Å²) in [6.45, 7) is 3.96. The van der Waals surface area contributed by atoms with Gasteiger partial charge in [0.05, 0.1) is 16.3 Å². The highest BCUT2D eigenvalue weighted by atomic mass is 35.5. The van der Waals surface area contributed by atoms with E-state index in [0.717, 1.165) is 25.2 Å². The summed E-state index contributed by atoms with van der Waals surface area (Å²) in [6, 6.07) is 3.25. The average Bonchev–Trinajstić information content (AvgIpc) is 2.63. The molecule has 1 atom stereocenters. The number of anilines is 2. The number of rotatable bonds is 2. The lowest BCUT2D eigenvalue weighted by atomic mass is 10.1. The molecular formula is C12H16ClN3O. The first-order valence-corrected chi connectivity index (χ1v) is 6.00. The van der Waals surface area contributed by atoms with Crippen molar-refractivity contribution in [3.63, 3.8) is 0 Å². The second-order valence-corrected chi connectivity index (χ2v) is 5.01. The van der Waals surface area contributed by atoms with Crippen molar-refractivity contribution in [1.82, 2.24) is 0 Å². The number of hydrogen-bond acceptors (Lipinski definition) is 3. The molecule has 4 nitrogen and oxygen atoms in total. The zero-order valence-corrected chi connectivity index (χ0v) is 10.5. The number of hydrogen-bond donors (Lipinski definition) is 2. The van der Waals surface area contributed by atoms with Crippen LogP contribution in [0.1, 0.15) is 23.7 Å². The van der Waals surface area contributed by atoms with E-state index in [4.69, 9.17) is 23.1 Å². The number of nitrogen functional groups attached to an aromatic ring is 1. The molecule has 1 fully saturated rings. The molecule has 1 aliphatic rings. The number of benzene rings is 1. The number of nitrogens with zero attached hydrogens (tertiary/aromatic N) is 1. The molecule has 2 rings (SSSR count). The molecule has 0 saturated carbocycles. The predicted molar refractivity (Wildman–Crippen MR) is 70.4 cm³/mol. The first kappa shape index (κ1) is 12.0. The summed E-state index contributed by atoms with van der Waals surface area (Å²) < 4.78 is 0. The summed E-state index contributed by atoms with van der Waals surface area (Å²) in [5.41, 5.74) is 12.6. The van der Waals surface area contributed by atoms with Gasteiger partial charge in [0.2, 0.25) is 0 Å². The molecule has 0 aromatic heterocycles. The zero-order valence-electron chi connectivity index (χ0n) is 9.74. The summed E-state index contributed by atoms with van der Waals surface area (Å²) in [5, 5.41) is 0.493. The fourth-order valence-corrected chi connectivity index (χ4v) is 2.61. The Morgan fingerprint density at radius 3 is 2.76 bits per heavy atom. The molecule has 0 aliphatic carbocycles. The van der Waals surface area contributed by atoms with E-state index in [0.29, 0.717) is 22.2 Å². The Kier molecular flexibility index (Phi) is 3.15. The van der Waals surface area contributed by atoms with Gasteiger partial charge in [-0.1, -0.05) is 18.5 Å². The quantitative estimate of drug-likeness (QED) is 0.791. The Morgan fingerprint density at radius 2 is 2.24 bits per heavy atom. The van der Waals surface area contributed by atoms with Crippen molar-refractivity contribution in [3.8, 4) is 0 Å². The molecule has 1 aromatic carbocycles. The van der Waals surface area contributed by atoms with Crippen LogP contribution in [0.4, 0.5) is 11.4 Å². The third-order valence-electron chi connectivity index (χ3n) is 3.09. The number of amides is 1. The highest BCUT2D eigenvalue weighted by Crippen LogP contribution is 2.35. The minimum atomic E-state index is -0.492. The summed E-state index contributed by atoms with van der Waals surface area (Å²) >= 11 is 6.18. The average molecular weight is 254 g/mol. The van der Waals surface area contributed by atoms with Gasteiger partial charge in [-0.05, 0) is 24.5 Å². The van der Waals surface area contributed by atoms with Gasteiger partial charge in [-0.3, -0.25) is 4.79 Å². The Labute approximate surface area is 106 Å². The third-order valence-corrected chi connectivity index (χ3v) is 3.38. The van der Waals surface area contributed by atoms with Crippen LogP contribution in [0.2, 0.25) is 5.02 Å². The van der Waals surface area contributed by atoms with E-state index in [1.165, 1.54) is 0 Å². The topological polar surface area (TPSA) is 72.3 Å². The van der Waals surface area contributed by atoms with Crippen LogP contribution in [0.5, 0.6) is 0 Å². The first-order valence-electron chi connectivity index (χ1n) is 5.63. The standard InChI is InChI=1S/C12H16ClN3O/c1-7-2-3-16(6-7)11-9(12(15)17)4-8(14)5-10(11)13/h4-5,7H,2-3,6,14H2,1H3,(H2,15,17). The van der Waals surface area contributed by atoms with Crippen LogP contribution in [0.3, 0.4) is 0 Å². The maximum Gasteiger partial charge on any atom is 0.250 e. The minimum absolute atomic E-state index is 0.407. The molecule has 1 unspecified atom stereocenters. The van der Waals surface area contributed by atoms with Crippen LogP contribution in [0, 0.1) is 5.92 Å². The molecule has 1 aromatic rings. The molecule has 0 bridgehead atoms. The van der Waals surface area contributed by atoms with Gasteiger partial charge in [0.1, 0.15) is 0 Å². The largest absolute Gasteiger partial charge is 0.399 e. The zero-order chi connectivity index (χ0) is 12.6. The van der Waals surface area contributed by atoms with Crippen LogP contribution < -0.4 is 16.4 Å². The molecule has 1 saturated heterocycles. The molecule has 1 aliphatic heterocycles. The van der Waals surface area contributed by atoms with Gasteiger partial charge in [-0.15, -0.1) is 0 Å². The predicted octanol–water partition coefficient (Wildman–Crippen LogP) is 1.87. The van der Waals surface area contributed by atoms with Gasteiger partial charge >= 0.3 is 0 Å². The number of primary amides is 1. The van der Waals surface area contributed by atoms with Gasteiger partial charge in [-0.2, -0.15) is 0 Å². The van der Waals surface area contributed by atoms with Gasteiger partial charge in [-0.25, -0.2) is 0 Å². The van der Waals surface area contributed by atoms with Crippen molar-refractivity contribution >= 4 is 28.9 Å². The van der Waals surface area contributed by atoms with Crippen molar-refractivity contribution in [3.05, 3.63) is 22.7 Å². The van der Waals surface area contributed by atoms with Crippen molar-refractivity contribution in [2.24, 2.45) is 11.7 Å². The Balaban J connectivity index is 2.48. The molecule has 5 heteroatoms. The molecule has 92 valence electrons. The molecule has 1 amide bonds. The summed E-state index contributed by atoms with van der Waals surface area (Å²) in [5.74, 6) is 0.109. The van der Waals surface area contributed by atoms with Crippen molar-refractivity contribution in [1.29, 1.82) is 0 Å². The number of halogens is 1. The van der Waals surface area contributed by atoms with E-state index in [-0.39, 0.29) is 0 Å². The van der Waals surface area contributed by atoms with Crippen LogP contribution in [-0.4, -0.2) is 19.0 Å². The molecule has 1 heterocycles. The van der Waals surface area contributed by atoms with Crippen molar-refractivity contribution in [2.75, 3.05) is 23.7 Å². The Morgan fingerprint density at radius 1 is 1.53 bits per heavy atom. The lowest BCUT2D eigenvalue weighted by molar-refractivity contribution is 0.100. The van der Waals surface area contributed by atoms with E-state index in [9.17, 15) is 4.79 Å². The van der Waals surface area contributed by atoms with Gasteiger partial charge in [0.25, 0.3) is 5.91 Å². The van der Waals surface area contributed by atoms with Crippen LogP contribution >= 0.6 is 11.6 Å². The van der Waals surface area contributed by atoms with E-state index >= 15 is 0 Å². The summed E-state index contributed by atoms with van der Waals surface area (Å²) in [6.07, 6.45) is 1.10. The fourth-order valence-electron chi connectivity index (χ4n) is 2.27. The fraction of sp³-hybridized carbons (Fsp3) is 0.417. The van der Waals surface area contributed by atoms with Crippen molar-refractivity contribution < 1.29 is 4.79 Å². The van der Waals surface area contributed by atoms with Crippen molar-refractivity contribution in [2.45, 2.75) is 13.3 Å². The highest BCUT2D eigenvalue weighted by Gasteiger charge is 2.25. The SMILES string of the molecule is CC1CCN(c2c(Cl)cc(N)cc2C(N)=O)C1. The van der Waals surface area contributed by atoms with E-state index in [2.05, 4.69) is 11.8 Å². The Bertz CT molecular complexity index is 461. The van der Waals surface area contributed by atoms with Crippen LogP contribution in [0.15, 0.2) is 12.1 Å². The molecule has 4 N–H and O–H groups in total. The normalized spacial score (nSPS) is 19.6. The number of nitrogens with two attached hydrogens (primary N) is 2. The van der Waals surface area contributed by atoms with Gasteiger partial charge in [0, 0.05) is 18.8 Å². The molecule has 17 heavy (non-hydrogen) atoms. The third kappa shape index (κ3) is 2.31. The van der Waals surface area contributed by atoms with E-state index in [1.54, 1.807) is 12.1 Å². The second kappa shape index (κ2) is 4.45. The van der Waals surface area contributed by atoms with E-state index < -0.39 is 5.91 Å². The maximum absolute atomic E-state index is 11.4. The van der Waals surface area contributed by atoms with Crippen LogP contribution in [-0.2, 0) is 0 Å². The minimum Gasteiger partial charge on any atom is -0.399 e. The first-order chi connectivity index (χ1) is 7.99. The number of carbonyl (C=O) groups excluding carboxylic acids is 1. The van der Waals surface area contributed by atoms with E-state index in [1.807, 2.05) is 0 Å². The lowest BCUT2D eigenvalue weighted by Crippen LogP contribution is -2.24. The van der Waals surface area contributed by atoms with Crippen LogP contribution in [0.25, 0.3) is 0 Å².